The summed E-state index contributed by atoms with van der Waals surface area (Å²) in [5.74, 6) is -1.71. The van der Waals surface area contributed by atoms with Crippen molar-refractivity contribution in [3.63, 3.8) is 0 Å². The van der Waals surface area contributed by atoms with Crippen molar-refractivity contribution in [3.05, 3.63) is 71.6 Å². The number of halogens is 3. The Morgan fingerprint density at radius 1 is 1.14 bits per heavy atom. The first-order chi connectivity index (χ1) is 13.8. The van der Waals surface area contributed by atoms with Crippen LogP contribution < -0.4 is 10.6 Å². The van der Waals surface area contributed by atoms with E-state index in [-0.39, 0.29) is 30.4 Å². The number of hydrogen-bond acceptors (Lipinski definition) is 6. The lowest BCUT2D eigenvalue weighted by Crippen LogP contribution is -2.23. The molecule has 0 aliphatic rings. The Labute approximate surface area is 162 Å². The Morgan fingerprint density at radius 2 is 1.97 bits per heavy atom. The molecule has 0 unspecified atom stereocenters. The third-order valence-corrected chi connectivity index (χ3v) is 3.63. The zero-order valence-corrected chi connectivity index (χ0v) is 14.7. The number of pyridine rings is 1. The van der Waals surface area contributed by atoms with Crippen LogP contribution in [0.5, 0.6) is 0 Å². The van der Waals surface area contributed by atoms with E-state index in [0.29, 0.717) is 0 Å². The van der Waals surface area contributed by atoms with Gasteiger partial charge in [0.15, 0.2) is 5.82 Å². The lowest BCUT2D eigenvalue weighted by atomic mass is 10.2. The van der Waals surface area contributed by atoms with Gasteiger partial charge in [-0.3, -0.25) is 14.6 Å². The molecular formula is C18H14F3N5O3. The molecule has 2 N–H and O–H groups in total. The Hall–Kier alpha value is -3.76. The molecule has 0 radical (unpaired) electrons. The molecule has 0 fully saturated rings. The monoisotopic (exact) mass is 405 g/mol. The Morgan fingerprint density at radius 3 is 2.69 bits per heavy atom. The average molecular weight is 405 g/mol. The Bertz CT molecular complexity index is 1010. The molecule has 0 saturated heterocycles. The van der Waals surface area contributed by atoms with Gasteiger partial charge in [0.2, 0.25) is 5.91 Å². The van der Waals surface area contributed by atoms with Gasteiger partial charge in [-0.25, -0.2) is 0 Å². The van der Waals surface area contributed by atoms with Crippen LogP contribution in [0.4, 0.5) is 18.9 Å². The quantitative estimate of drug-likeness (QED) is 0.652. The minimum atomic E-state index is -4.52. The zero-order chi connectivity index (χ0) is 20.9. The SMILES string of the molecule is O=C(Cc1noc(C(=O)NCc2cccnc2)n1)Nc1cccc(C(F)(F)F)c1. The van der Waals surface area contributed by atoms with Gasteiger partial charge >= 0.3 is 18.0 Å². The minimum absolute atomic E-state index is 0.0252. The number of carbonyl (C=O) groups is 2. The van der Waals surface area contributed by atoms with Crippen LogP contribution in [0.25, 0.3) is 0 Å². The first-order valence-corrected chi connectivity index (χ1v) is 8.28. The Balaban J connectivity index is 1.55. The molecule has 0 spiro atoms. The lowest BCUT2D eigenvalue weighted by Gasteiger charge is -2.09. The number of nitrogens with zero attached hydrogens (tertiary/aromatic N) is 3. The summed E-state index contributed by atoms with van der Waals surface area (Å²) in [4.78, 5) is 31.7. The number of alkyl halides is 3. The van der Waals surface area contributed by atoms with Gasteiger partial charge in [-0.2, -0.15) is 18.2 Å². The molecule has 29 heavy (non-hydrogen) atoms. The summed E-state index contributed by atoms with van der Waals surface area (Å²) in [6.07, 6.45) is -1.72. The summed E-state index contributed by atoms with van der Waals surface area (Å²) in [7, 11) is 0. The molecule has 0 bridgehead atoms. The first-order valence-electron chi connectivity index (χ1n) is 8.28. The highest BCUT2D eigenvalue weighted by molar-refractivity contribution is 5.92. The summed E-state index contributed by atoms with van der Waals surface area (Å²) in [5, 5.41) is 8.41. The van der Waals surface area contributed by atoms with Crippen molar-refractivity contribution in [2.75, 3.05) is 5.32 Å². The van der Waals surface area contributed by atoms with Gasteiger partial charge in [0, 0.05) is 24.6 Å². The van der Waals surface area contributed by atoms with Crippen molar-refractivity contribution in [2.24, 2.45) is 0 Å². The molecular weight excluding hydrogens is 391 g/mol. The van der Waals surface area contributed by atoms with Crippen LogP contribution in [0.3, 0.4) is 0 Å². The van der Waals surface area contributed by atoms with Gasteiger partial charge in [0.25, 0.3) is 0 Å². The highest BCUT2D eigenvalue weighted by Crippen LogP contribution is 2.30. The first kappa shape index (κ1) is 20.0. The van der Waals surface area contributed by atoms with Crippen LogP contribution >= 0.6 is 0 Å². The molecule has 2 heterocycles. The maximum absolute atomic E-state index is 12.7. The van der Waals surface area contributed by atoms with Crippen molar-refractivity contribution >= 4 is 17.5 Å². The van der Waals surface area contributed by atoms with E-state index in [0.717, 1.165) is 17.7 Å². The largest absolute Gasteiger partial charge is 0.416 e. The second kappa shape index (κ2) is 8.50. The van der Waals surface area contributed by atoms with Crippen LogP contribution in [-0.2, 0) is 23.9 Å². The predicted molar refractivity (Wildman–Crippen MR) is 93.5 cm³/mol. The Kier molecular flexibility index (Phi) is 5.86. The molecule has 3 aromatic rings. The number of carbonyl (C=O) groups excluding carboxylic acids is 2. The van der Waals surface area contributed by atoms with E-state index in [1.54, 1.807) is 24.5 Å². The number of anilines is 1. The topological polar surface area (TPSA) is 110 Å². The van der Waals surface area contributed by atoms with Crippen molar-refractivity contribution < 1.29 is 27.3 Å². The zero-order valence-electron chi connectivity index (χ0n) is 14.7. The molecule has 2 amide bonds. The number of aromatic nitrogens is 3. The van der Waals surface area contributed by atoms with E-state index in [4.69, 9.17) is 4.52 Å². The highest BCUT2D eigenvalue weighted by Gasteiger charge is 2.30. The number of hydrogen-bond donors (Lipinski definition) is 2. The summed E-state index contributed by atoms with van der Waals surface area (Å²) < 4.78 is 43.0. The van der Waals surface area contributed by atoms with Crippen LogP contribution in [0.1, 0.15) is 27.6 Å². The molecule has 0 aliphatic carbocycles. The molecule has 1 aromatic carbocycles. The average Bonchev–Trinajstić information content (AvgIpc) is 3.15. The second-order valence-corrected chi connectivity index (χ2v) is 5.86. The van der Waals surface area contributed by atoms with E-state index in [1.165, 1.54) is 12.1 Å². The molecule has 150 valence electrons. The number of amides is 2. The van der Waals surface area contributed by atoms with Crippen molar-refractivity contribution in [1.29, 1.82) is 0 Å². The van der Waals surface area contributed by atoms with Gasteiger partial charge in [-0.15, -0.1) is 0 Å². The van der Waals surface area contributed by atoms with Gasteiger partial charge in [-0.05, 0) is 29.8 Å². The third-order valence-electron chi connectivity index (χ3n) is 3.63. The maximum Gasteiger partial charge on any atom is 0.416 e. The van der Waals surface area contributed by atoms with Gasteiger partial charge < -0.3 is 15.2 Å². The second-order valence-electron chi connectivity index (χ2n) is 5.86. The van der Waals surface area contributed by atoms with Crippen molar-refractivity contribution in [2.45, 2.75) is 19.1 Å². The normalized spacial score (nSPS) is 11.1. The maximum atomic E-state index is 12.7. The van der Waals surface area contributed by atoms with Crippen LogP contribution in [0.2, 0.25) is 0 Å². The highest BCUT2D eigenvalue weighted by atomic mass is 19.4. The molecule has 2 aromatic heterocycles. The van der Waals surface area contributed by atoms with Gasteiger partial charge in [0.1, 0.15) is 0 Å². The van der Waals surface area contributed by atoms with E-state index in [9.17, 15) is 22.8 Å². The van der Waals surface area contributed by atoms with E-state index < -0.39 is 23.6 Å². The summed E-state index contributed by atoms with van der Waals surface area (Å²) >= 11 is 0. The van der Waals surface area contributed by atoms with Crippen molar-refractivity contribution in [3.8, 4) is 0 Å². The van der Waals surface area contributed by atoms with E-state index in [1.807, 2.05) is 0 Å². The lowest BCUT2D eigenvalue weighted by molar-refractivity contribution is -0.137. The van der Waals surface area contributed by atoms with Crippen molar-refractivity contribution in [1.82, 2.24) is 20.4 Å². The van der Waals surface area contributed by atoms with E-state index >= 15 is 0 Å². The number of benzene rings is 1. The third kappa shape index (κ3) is 5.61. The predicted octanol–water partition coefficient (Wildman–Crippen LogP) is 2.59. The fourth-order valence-corrected chi connectivity index (χ4v) is 2.30. The molecule has 0 aliphatic heterocycles. The molecule has 0 atom stereocenters. The van der Waals surface area contributed by atoms with Gasteiger partial charge in [-0.1, -0.05) is 17.3 Å². The molecule has 3 rings (SSSR count). The molecule has 0 saturated carbocycles. The summed E-state index contributed by atoms with van der Waals surface area (Å²) in [6.45, 7) is 0.195. The summed E-state index contributed by atoms with van der Waals surface area (Å²) in [6, 6.07) is 7.69. The fraction of sp³-hybridized carbons (Fsp3) is 0.167. The van der Waals surface area contributed by atoms with Crippen LogP contribution in [0, 0.1) is 0 Å². The van der Waals surface area contributed by atoms with E-state index in [2.05, 4.69) is 25.8 Å². The summed E-state index contributed by atoms with van der Waals surface area (Å²) in [5.41, 5.74) is -0.147. The smallest absolute Gasteiger partial charge is 0.344 e. The molecule has 11 heteroatoms. The number of nitrogens with one attached hydrogen (secondary N) is 2. The number of rotatable bonds is 6. The van der Waals surface area contributed by atoms with Crippen LogP contribution in [-0.4, -0.2) is 26.9 Å². The minimum Gasteiger partial charge on any atom is -0.344 e. The fourth-order valence-electron chi connectivity index (χ4n) is 2.30. The molecule has 8 nitrogen and oxygen atoms in total. The standard InChI is InChI=1S/C18H14F3N5O3/c19-18(20,21)12-4-1-5-13(7-12)24-15(27)8-14-25-17(29-26-14)16(28)23-10-11-3-2-6-22-9-11/h1-7,9H,8,10H2,(H,23,28)(H,24,27). The van der Waals surface area contributed by atoms with Gasteiger partial charge in [0.05, 0.1) is 12.0 Å². The van der Waals surface area contributed by atoms with Crippen LogP contribution in [0.15, 0.2) is 53.3 Å².